The van der Waals surface area contributed by atoms with Crippen molar-refractivity contribution in [3.05, 3.63) is 71.7 Å². The van der Waals surface area contributed by atoms with E-state index >= 15 is 0 Å². The molecule has 0 amide bonds. The summed E-state index contributed by atoms with van der Waals surface area (Å²) in [6.07, 6.45) is 4.60. The molecule has 0 aliphatic heterocycles. The van der Waals surface area contributed by atoms with Crippen LogP contribution >= 0.6 is 0 Å². The summed E-state index contributed by atoms with van der Waals surface area (Å²) < 4.78 is 0. The highest BCUT2D eigenvalue weighted by Crippen LogP contribution is 2.18. The lowest BCUT2D eigenvalue weighted by Crippen LogP contribution is -2.22. The van der Waals surface area contributed by atoms with Crippen molar-refractivity contribution in [3.63, 3.8) is 0 Å². The number of nitrogens with zero attached hydrogens (tertiary/aromatic N) is 4. The Kier molecular flexibility index (Phi) is 5.23. The molecule has 5 heteroatoms. The van der Waals surface area contributed by atoms with Crippen molar-refractivity contribution < 1.29 is 0 Å². The van der Waals surface area contributed by atoms with Crippen molar-refractivity contribution in [2.75, 3.05) is 23.8 Å². The number of likely N-dealkylation sites (N-methyl/N-ethyl adjacent to an activating group) is 1. The number of hydrogen-bond acceptors (Lipinski definition) is 5. The van der Waals surface area contributed by atoms with Crippen LogP contribution in [0.5, 0.6) is 0 Å². The fourth-order valence-corrected chi connectivity index (χ4v) is 2.62. The number of rotatable bonds is 6. The molecule has 2 aromatic heterocycles. The number of anilines is 3. The van der Waals surface area contributed by atoms with Gasteiger partial charge in [-0.15, -0.1) is 0 Å². The Hall–Kier alpha value is -2.95. The third-order valence-electron chi connectivity index (χ3n) is 3.99. The minimum absolute atomic E-state index is 0.622. The van der Waals surface area contributed by atoms with Gasteiger partial charge in [-0.05, 0) is 55.7 Å². The largest absolute Gasteiger partial charge is 0.359 e. The van der Waals surface area contributed by atoms with E-state index in [1.54, 1.807) is 0 Å². The molecule has 0 fully saturated rings. The van der Waals surface area contributed by atoms with Gasteiger partial charge in [0.15, 0.2) is 0 Å². The van der Waals surface area contributed by atoms with E-state index in [1.165, 1.54) is 11.1 Å². The molecular weight excluding hydrogens is 310 g/mol. The highest BCUT2D eigenvalue weighted by molar-refractivity contribution is 5.56. The molecule has 3 rings (SSSR count). The Labute approximate surface area is 148 Å². The summed E-state index contributed by atoms with van der Waals surface area (Å²) in [5.41, 5.74) is 4.41. The number of aromatic nitrogens is 3. The lowest BCUT2D eigenvalue weighted by Gasteiger charge is -2.19. The molecule has 0 saturated heterocycles. The predicted octanol–water partition coefficient (Wildman–Crippen LogP) is 3.91. The maximum Gasteiger partial charge on any atom is 0.229 e. The van der Waals surface area contributed by atoms with Crippen molar-refractivity contribution in [2.45, 2.75) is 20.3 Å². The molecule has 0 spiro atoms. The standard InChI is InChI=1S/C20H23N5/c1-15-5-4-6-18(13-15)23-20-22-16(2)14-19(24-20)25(3)12-9-17-7-10-21-11-8-17/h4-8,10-11,13-14H,9,12H2,1-3H3,(H,22,23,24). The predicted molar refractivity (Wildman–Crippen MR) is 102 cm³/mol. The molecule has 0 radical (unpaired) electrons. The quantitative estimate of drug-likeness (QED) is 0.741. The van der Waals surface area contributed by atoms with Gasteiger partial charge >= 0.3 is 0 Å². The van der Waals surface area contributed by atoms with Gasteiger partial charge < -0.3 is 10.2 Å². The third kappa shape index (κ3) is 4.76. The molecule has 0 unspecified atom stereocenters. The molecule has 0 aliphatic rings. The van der Waals surface area contributed by atoms with Crippen LogP contribution in [0.3, 0.4) is 0 Å². The van der Waals surface area contributed by atoms with E-state index in [4.69, 9.17) is 0 Å². The molecule has 0 saturated carbocycles. The summed E-state index contributed by atoms with van der Waals surface area (Å²) in [5.74, 6) is 1.54. The second kappa shape index (κ2) is 7.75. The first-order valence-corrected chi connectivity index (χ1v) is 8.39. The monoisotopic (exact) mass is 333 g/mol. The van der Waals surface area contributed by atoms with Crippen molar-refractivity contribution in [3.8, 4) is 0 Å². The smallest absolute Gasteiger partial charge is 0.229 e. The van der Waals surface area contributed by atoms with Crippen molar-refractivity contribution >= 4 is 17.5 Å². The Morgan fingerprint density at radius 1 is 1.00 bits per heavy atom. The molecule has 0 atom stereocenters. The fraction of sp³-hybridized carbons (Fsp3) is 0.250. The summed E-state index contributed by atoms with van der Waals surface area (Å²) >= 11 is 0. The maximum absolute atomic E-state index is 4.66. The molecule has 3 aromatic rings. The van der Waals surface area contributed by atoms with E-state index in [0.717, 1.165) is 30.2 Å². The van der Waals surface area contributed by atoms with Gasteiger partial charge in [0, 0.05) is 43.4 Å². The first-order valence-electron chi connectivity index (χ1n) is 8.39. The normalized spacial score (nSPS) is 10.5. The van der Waals surface area contributed by atoms with Crippen LogP contribution in [0, 0.1) is 13.8 Å². The topological polar surface area (TPSA) is 53.9 Å². The van der Waals surface area contributed by atoms with Gasteiger partial charge in [-0.1, -0.05) is 12.1 Å². The zero-order valence-corrected chi connectivity index (χ0v) is 14.9. The van der Waals surface area contributed by atoms with Gasteiger partial charge in [0.25, 0.3) is 0 Å². The number of aryl methyl sites for hydroxylation is 2. The fourth-order valence-electron chi connectivity index (χ4n) is 2.62. The van der Waals surface area contributed by atoms with Crippen molar-refractivity contribution in [1.29, 1.82) is 0 Å². The van der Waals surface area contributed by atoms with Crippen LogP contribution in [-0.2, 0) is 6.42 Å². The number of pyridine rings is 1. The summed E-state index contributed by atoms with van der Waals surface area (Å²) in [7, 11) is 2.05. The van der Waals surface area contributed by atoms with Crippen LogP contribution in [-0.4, -0.2) is 28.5 Å². The van der Waals surface area contributed by atoms with Gasteiger partial charge in [-0.3, -0.25) is 4.98 Å². The summed E-state index contributed by atoms with van der Waals surface area (Å²) in [5, 5.41) is 3.30. The minimum atomic E-state index is 0.622. The van der Waals surface area contributed by atoms with Crippen LogP contribution in [0.15, 0.2) is 54.9 Å². The Morgan fingerprint density at radius 2 is 1.80 bits per heavy atom. The van der Waals surface area contributed by atoms with E-state index in [2.05, 4.69) is 51.3 Å². The number of hydrogen-bond donors (Lipinski definition) is 1. The van der Waals surface area contributed by atoms with Crippen LogP contribution in [0.1, 0.15) is 16.8 Å². The van der Waals surface area contributed by atoms with Crippen LogP contribution in [0.4, 0.5) is 17.5 Å². The number of nitrogens with one attached hydrogen (secondary N) is 1. The molecule has 0 aliphatic carbocycles. The van der Waals surface area contributed by atoms with Crippen molar-refractivity contribution in [2.24, 2.45) is 0 Å². The van der Waals surface area contributed by atoms with Gasteiger partial charge in [-0.25, -0.2) is 4.98 Å². The Bertz CT molecular complexity index is 832. The van der Waals surface area contributed by atoms with Gasteiger partial charge in [0.2, 0.25) is 5.95 Å². The van der Waals surface area contributed by atoms with Crippen LogP contribution < -0.4 is 10.2 Å². The lowest BCUT2D eigenvalue weighted by molar-refractivity contribution is 0.853. The highest BCUT2D eigenvalue weighted by atomic mass is 15.2. The number of benzene rings is 1. The van der Waals surface area contributed by atoms with E-state index in [-0.39, 0.29) is 0 Å². The average molecular weight is 333 g/mol. The van der Waals surface area contributed by atoms with E-state index < -0.39 is 0 Å². The third-order valence-corrected chi connectivity index (χ3v) is 3.99. The van der Waals surface area contributed by atoms with E-state index in [1.807, 2.05) is 49.6 Å². The molecule has 128 valence electrons. The molecule has 1 N–H and O–H groups in total. The second-order valence-electron chi connectivity index (χ2n) is 6.21. The van der Waals surface area contributed by atoms with Gasteiger partial charge in [0.05, 0.1) is 0 Å². The molecule has 2 heterocycles. The highest BCUT2D eigenvalue weighted by Gasteiger charge is 2.08. The average Bonchev–Trinajstić information content (AvgIpc) is 2.60. The van der Waals surface area contributed by atoms with E-state index in [0.29, 0.717) is 5.95 Å². The first kappa shape index (κ1) is 16.9. The zero-order chi connectivity index (χ0) is 17.6. The summed E-state index contributed by atoms with van der Waals surface area (Å²) in [6.45, 7) is 4.94. The molecule has 25 heavy (non-hydrogen) atoms. The molecule has 1 aromatic carbocycles. The molecular formula is C20H23N5. The SMILES string of the molecule is Cc1cccc(Nc2nc(C)cc(N(C)CCc3ccncc3)n2)c1. The van der Waals surface area contributed by atoms with Crippen molar-refractivity contribution in [1.82, 2.24) is 15.0 Å². The maximum atomic E-state index is 4.66. The Balaban J connectivity index is 1.72. The van der Waals surface area contributed by atoms with Gasteiger partial charge in [-0.2, -0.15) is 4.98 Å². The van der Waals surface area contributed by atoms with E-state index in [9.17, 15) is 0 Å². The first-order chi connectivity index (χ1) is 12.1. The summed E-state index contributed by atoms with van der Waals surface area (Å²) in [6, 6.07) is 14.3. The zero-order valence-electron chi connectivity index (χ0n) is 14.9. The lowest BCUT2D eigenvalue weighted by atomic mass is 10.2. The second-order valence-corrected chi connectivity index (χ2v) is 6.21. The summed E-state index contributed by atoms with van der Waals surface area (Å²) in [4.78, 5) is 15.4. The Morgan fingerprint density at radius 3 is 2.56 bits per heavy atom. The molecule has 0 bridgehead atoms. The van der Waals surface area contributed by atoms with Gasteiger partial charge in [0.1, 0.15) is 5.82 Å². The van der Waals surface area contributed by atoms with Crippen LogP contribution in [0.25, 0.3) is 0 Å². The molecule has 5 nitrogen and oxygen atoms in total. The van der Waals surface area contributed by atoms with Crippen LogP contribution in [0.2, 0.25) is 0 Å². The minimum Gasteiger partial charge on any atom is -0.359 e.